The number of carbonyl (C=O) groups is 1. The van der Waals surface area contributed by atoms with E-state index in [1.54, 1.807) is 17.6 Å². The second-order valence-electron chi connectivity index (χ2n) is 6.51. The lowest BCUT2D eigenvalue weighted by atomic mass is 10.0. The molecule has 1 aromatic carbocycles. The van der Waals surface area contributed by atoms with E-state index in [4.69, 9.17) is 4.74 Å². The summed E-state index contributed by atoms with van der Waals surface area (Å²) in [7, 11) is 0. The highest BCUT2D eigenvalue weighted by Crippen LogP contribution is 2.16. The van der Waals surface area contributed by atoms with Gasteiger partial charge in [0.1, 0.15) is 16.4 Å². The summed E-state index contributed by atoms with van der Waals surface area (Å²) in [6.07, 6.45) is 2.85. The molecule has 0 atom stereocenters. The van der Waals surface area contributed by atoms with Crippen molar-refractivity contribution in [1.29, 1.82) is 0 Å². The smallest absolute Gasteiger partial charge is 0.263 e. The zero-order valence-corrected chi connectivity index (χ0v) is 15.7. The Morgan fingerprint density at radius 3 is 2.73 bits per heavy atom. The zero-order chi connectivity index (χ0) is 18.4. The summed E-state index contributed by atoms with van der Waals surface area (Å²) in [6.45, 7) is 5.40. The number of rotatable bonds is 7. The predicted molar refractivity (Wildman–Crippen MR) is 100 cm³/mol. The van der Waals surface area contributed by atoms with Gasteiger partial charge in [-0.25, -0.2) is 9.37 Å². The van der Waals surface area contributed by atoms with Crippen LogP contribution in [0.25, 0.3) is 0 Å². The number of hydrogen-bond donors (Lipinski definition) is 1. The average Bonchev–Trinajstić information content (AvgIpc) is 3.08. The zero-order valence-electron chi connectivity index (χ0n) is 14.9. The molecule has 0 spiro atoms. The van der Waals surface area contributed by atoms with Gasteiger partial charge in [-0.3, -0.25) is 4.79 Å². The van der Waals surface area contributed by atoms with Gasteiger partial charge in [-0.05, 0) is 50.5 Å². The van der Waals surface area contributed by atoms with Gasteiger partial charge >= 0.3 is 0 Å². The maximum Gasteiger partial charge on any atom is 0.263 e. The van der Waals surface area contributed by atoms with Crippen LogP contribution in [-0.4, -0.2) is 48.1 Å². The van der Waals surface area contributed by atoms with E-state index < -0.39 is 0 Å². The molecular weight excluding hydrogens is 353 g/mol. The predicted octanol–water partition coefficient (Wildman–Crippen LogP) is 3.25. The Hall–Kier alpha value is -1.99. The molecule has 1 fully saturated rings. The van der Waals surface area contributed by atoms with Crippen LogP contribution in [0, 0.1) is 12.7 Å². The van der Waals surface area contributed by atoms with Gasteiger partial charge in [0.05, 0.1) is 17.8 Å². The van der Waals surface area contributed by atoms with Crippen molar-refractivity contribution < 1.29 is 13.9 Å². The standard InChI is InChI=1S/C19H24FN3O2S/c1-14-18(26-13-21-14)19(24)22-16-7-10-23(11-8-16)9-2-12-25-17-5-3-15(20)4-6-17/h3-6,13,16H,2,7-12H2,1H3,(H,22,24). The number of piperidine rings is 1. The van der Waals surface area contributed by atoms with Crippen molar-refractivity contribution in [1.82, 2.24) is 15.2 Å². The van der Waals surface area contributed by atoms with Gasteiger partial charge < -0.3 is 15.0 Å². The number of amides is 1. The molecule has 0 aliphatic carbocycles. The molecule has 26 heavy (non-hydrogen) atoms. The van der Waals surface area contributed by atoms with E-state index in [0.717, 1.165) is 44.6 Å². The molecule has 1 aliphatic rings. The molecule has 1 aromatic heterocycles. The van der Waals surface area contributed by atoms with Crippen molar-refractivity contribution in [2.24, 2.45) is 0 Å². The number of nitrogens with one attached hydrogen (secondary N) is 1. The van der Waals surface area contributed by atoms with Crippen molar-refractivity contribution >= 4 is 17.2 Å². The Labute approximate surface area is 157 Å². The maximum atomic E-state index is 12.8. The first-order valence-corrected chi connectivity index (χ1v) is 9.81. The van der Waals surface area contributed by atoms with Crippen molar-refractivity contribution in [2.45, 2.75) is 32.2 Å². The van der Waals surface area contributed by atoms with Crippen LogP contribution < -0.4 is 10.1 Å². The van der Waals surface area contributed by atoms with Gasteiger partial charge in [0.2, 0.25) is 0 Å². The molecule has 5 nitrogen and oxygen atoms in total. The lowest BCUT2D eigenvalue weighted by Gasteiger charge is -2.32. The number of thiazole rings is 1. The largest absolute Gasteiger partial charge is 0.494 e. The second kappa shape index (κ2) is 9.09. The van der Waals surface area contributed by atoms with Crippen molar-refractivity contribution in [2.75, 3.05) is 26.2 Å². The maximum absolute atomic E-state index is 12.8. The quantitative estimate of drug-likeness (QED) is 0.753. The number of benzene rings is 1. The Bertz CT molecular complexity index is 712. The lowest BCUT2D eigenvalue weighted by molar-refractivity contribution is 0.0913. The molecule has 1 N–H and O–H groups in total. The molecule has 0 unspecified atom stereocenters. The Morgan fingerprint density at radius 2 is 2.08 bits per heavy atom. The molecule has 7 heteroatoms. The summed E-state index contributed by atoms with van der Waals surface area (Å²) < 4.78 is 18.5. The fraction of sp³-hybridized carbons (Fsp3) is 0.474. The van der Waals surface area contributed by atoms with E-state index in [2.05, 4.69) is 15.2 Å². The van der Waals surface area contributed by atoms with E-state index >= 15 is 0 Å². The number of aromatic nitrogens is 1. The van der Waals surface area contributed by atoms with Gasteiger partial charge in [0, 0.05) is 25.7 Å². The summed E-state index contributed by atoms with van der Waals surface area (Å²) in [5.41, 5.74) is 2.51. The van der Waals surface area contributed by atoms with Crippen molar-refractivity contribution in [3.8, 4) is 5.75 Å². The van der Waals surface area contributed by atoms with Crippen LogP contribution >= 0.6 is 11.3 Å². The number of likely N-dealkylation sites (tertiary alicyclic amines) is 1. The second-order valence-corrected chi connectivity index (χ2v) is 7.37. The molecule has 1 amide bonds. The van der Waals surface area contributed by atoms with Crippen LogP contribution in [0.3, 0.4) is 0 Å². The summed E-state index contributed by atoms with van der Waals surface area (Å²) in [6, 6.07) is 6.34. The van der Waals surface area contributed by atoms with Crippen molar-refractivity contribution in [3.63, 3.8) is 0 Å². The number of carbonyl (C=O) groups excluding carboxylic acids is 1. The summed E-state index contributed by atoms with van der Waals surface area (Å²) in [4.78, 5) is 19.5. The summed E-state index contributed by atoms with van der Waals surface area (Å²) >= 11 is 1.39. The minimum Gasteiger partial charge on any atom is -0.494 e. The Balaban J connectivity index is 1.32. The summed E-state index contributed by atoms with van der Waals surface area (Å²) in [5.74, 6) is 0.445. The monoisotopic (exact) mass is 377 g/mol. The molecule has 1 saturated heterocycles. The number of ether oxygens (including phenoxy) is 1. The first-order valence-electron chi connectivity index (χ1n) is 8.93. The molecular formula is C19H24FN3O2S. The summed E-state index contributed by atoms with van der Waals surface area (Å²) in [5, 5.41) is 3.13. The van der Waals surface area contributed by atoms with Gasteiger partial charge in [-0.15, -0.1) is 11.3 Å². The van der Waals surface area contributed by atoms with Crippen LogP contribution in [0.4, 0.5) is 4.39 Å². The molecule has 2 heterocycles. The fourth-order valence-electron chi connectivity index (χ4n) is 3.08. The van der Waals surface area contributed by atoms with Gasteiger partial charge in [-0.2, -0.15) is 0 Å². The van der Waals surface area contributed by atoms with Crippen LogP contribution in [0.5, 0.6) is 5.75 Å². The van der Waals surface area contributed by atoms with E-state index in [1.807, 2.05) is 6.92 Å². The third-order valence-corrected chi connectivity index (χ3v) is 5.50. The topological polar surface area (TPSA) is 54.5 Å². The van der Waals surface area contributed by atoms with Crippen molar-refractivity contribution in [3.05, 3.63) is 46.2 Å². The van der Waals surface area contributed by atoms with Crippen LogP contribution in [0.15, 0.2) is 29.8 Å². The SMILES string of the molecule is Cc1ncsc1C(=O)NC1CCN(CCCOc2ccc(F)cc2)CC1. The first kappa shape index (κ1) is 18.8. The Morgan fingerprint density at radius 1 is 1.35 bits per heavy atom. The van der Waals surface area contributed by atoms with Gasteiger partial charge in [-0.1, -0.05) is 0 Å². The Kier molecular flexibility index (Phi) is 6.57. The normalized spacial score (nSPS) is 15.8. The highest BCUT2D eigenvalue weighted by Gasteiger charge is 2.22. The van der Waals surface area contributed by atoms with Crippen LogP contribution in [-0.2, 0) is 0 Å². The van der Waals surface area contributed by atoms with Crippen LogP contribution in [0.1, 0.15) is 34.6 Å². The number of aryl methyl sites for hydroxylation is 1. The van der Waals surface area contributed by atoms with Gasteiger partial charge in [0.15, 0.2) is 0 Å². The highest BCUT2D eigenvalue weighted by molar-refractivity contribution is 7.11. The first-order chi connectivity index (χ1) is 12.6. The minimum absolute atomic E-state index is 0.00357. The molecule has 3 rings (SSSR count). The molecule has 2 aromatic rings. The van der Waals surface area contributed by atoms with E-state index in [0.29, 0.717) is 17.2 Å². The molecule has 0 bridgehead atoms. The molecule has 0 saturated carbocycles. The van der Waals surface area contributed by atoms with Gasteiger partial charge in [0.25, 0.3) is 5.91 Å². The molecule has 140 valence electrons. The van der Waals surface area contributed by atoms with E-state index in [1.165, 1.54) is 23.5 Å². The number of halogens is 1. The molecule has 0 radical (unpaired) electrons. The lowest BCUT2D eigenvalue weighted by Crippen LogP contribution is -2.45. The third-order valence-electron chi connectivity index (χ3n) is 4.58. The average molecular weight is 377 g/mol. The number of nitrogens with zero attached hydrogens (tertiary/aromatic N) is 2. The molecule has 1 aliphatic heterocycles. The fourth-order valence-corrected chi connectivity index (χ4v) is 3.79. The van der Waals surface area contributed by atoms with E-state index in [9.17, 15) is 9.18 Å². The van der Waals surface area contributed by atoms with E-state index in [-0.39, 0.29) is 17.8 Å². The number of hydrogen-bond acceptors (Lipinski definition) is 5. The van der Waals surface area contributed by atoms with Crippen LogP contribution in [0.2, 0.25) is 0 Å². The minimum atomic E-state index is -0.252. The highest BCUT2D eigenvalue weighted by atomic mass is 32.1. The third kappa shape index (κ3) is 5.25.